The van der Waals surface area contributed by atoms with Crippen molar-refractivity contribution in [3.63, 3.8) is 0 Å². The molecule has 0 unspecified atom stereocenters. The number of benzene rings is 2. The summed E-state index contributed by atoms with van der Waals surface area (Å²) in [4.78, 5) is 41.7. The fourth-order valence-electron chi connectivity index (χ4n) is 4.19. The van der Waals surface area contributed by atoms with Gasteiger partial charge in [-0.25, -0.2) is 9.97 Å². The number of rotatable bonds is 6. The van der Waals surface area contributed by atoms with Gasteiger partial charge >= 0.3 is 0 Å². The SMILES string of the molecule is C[C@@H](CNc1nc(N)ncc1C#N)c1nc2cccc(-c3cccc(=O)[nH]3)c2c(=O)n1-c1ccccc1. The molecule has 182 valence electrons. The fourth-order valence-corrected chi connectivity index (χ4v) is 4.19. The number of fused-ring (bicyclic) bond motifs is 1. The highest BCUT2D eigenvalue weighted by Crippen LogP contribution is 2.26. The highest BCUT2D eigenvalue weighted by molar-refractivity contribution is 5.93. The van der Waals surface area contributed by atoms with E-state index in [9.17, 15) is 14.9 Å². The van der Waals surface area contributed by atoms with Gasteiger partial charge in [-0.05, 0) is 24.3 Å². The Morgan fingerprint density at radius 3 is 2.59 bits per heavy atom. The van der Waals surface area contributed by atoms with Crippen molar-refractivity contribution in [1.82, 2.24) is 24.5 Å². The molecule has 37 heavy (non-hydrogen) atoms. The first kappa shape index (κ1) is 23.4. The van der Waals surface area contributed by atoms with Gasteiger partial charge in [0, 0.05) is 29.8 Å². The zero-order valence-electron chi connectivity index (χ0n) is 19.8. The molecule has 3 aromatic heterocycles. The molecule has 0 saturated heterocycles. The summed E-state index contributed by atoms with van der Waals surface area (Å²) >= 11 is 0. The summed E-state index contributed by atoms with van der Waals surface area (Å²) < 4.78 is 1.58. The van der Waals surface area contributed by atoms with Crippen LogP contribution in [0.25, 0.3) is 27.8 Å². The van der Waals surface area contributed by atoms with Crippen molar-refractivity contribution < 1.29 is 0 Å². The lowest BCUT2D eigenvalue weighted by molar-refractivity contribution is 0.692. The quantitative estimate of drug-likeness (QED) is 0.328. The lowest BCUT2D eigenvalue weighted by atomic mass is 10.0. The molecule has 10 heteroatoms. The minimum Gasteiger partial charge on any atom is -0.368 e. The Hall–Kier alpha value is -5.30. The number of anilines is 2. The van der Waals surface area contributed by atoms with Crippen LogP contribution in [0.5, 0.6) is 0 Å². The second-order valence-electron chi connectivity index (χ2n) is 8.46. The Morgan fingerprint density at radius 2 is 1.84 bits per heavy atom. The second kappa shape index (κ2) is 9.75. The van der Waals surface area contributed by atoms with Gasteiger partial charge in [-0.1, -0.05) is 43.3 Å². The van der Waals surface area contributed by atoms with Crippen LogP contribution in [0, 0.1) is 11.3 Å². The molecule has 1 atom stereocenters. The van der Waals surface area contributed by atoms with Crippen LogP contribution < -0.4 is 22.2 Å². The Balaban J connectivity index is 1.67. The number of aromatic amines is 1. The molecule has 0 amide bonds. The molecular formula is C27H22N8O2. The average Bonchev–Trinajstić information content (AvgIpc) is 2.91. The Bertz CT molecular complexity index is 1770. The molecule has 0 radical (unpaired) electrons. The Morgan fingerprint density at radius 1 is 1.05 bits per heavy atom. The fraction of sp³-hybridized carbons (Fsp3) is 0.111. The van der Waals surface area contributed by atoms with Crippen LogP contribution in [-0.4, -0.2) is 31.0 Å². The summed E-state index contributed by atoms with van der Waals surface area (Å²) in [6, 6.07) is 21.5. The molecule has 0 saturated carbocycles. The molecule has 0 aliphatic rings. The van der Waals surface area contributed by atoms with Crippen molar-refractivity contribution in [2.45, 2.75) is 12.8 Å². The number of pyridine rings is 1. The number of H-pyrrole nitrogens is 1. The summed E-state index contributed by atoms with van der Waals surface area (Å²) in [6.07, 6.45) is 1.36. The van der Waals surface area contributed by atoms with Crippen LogP contribution in [0.2, 0.25) is 0 Å². The second-order valence-corrected chi connectivity index (χ2v) is 8.46. The number of nitrogens with zero attached hydrogens (tertiary/aromatic N) is 5. The third-order valence-corrected chi connectivity index (χ3v) is 5.94. The van der Waals surface area contributed by atoms with Crippen molar-refractivity contribution in [2.75, 3.05) is 17.6 Å². The summed E-state index contributed by atoms with van der Waals surface area (Å²) in [7, 11) is 0. The highest BCUT2D eigenvalue weighted by Gasteiger charge is 2.21. The molecule has 4 N–H and O–H groups in total. The van der Waals surface area contributed by atoms with Crippen molar-refractivity contribution in [1.29, 1.82) is 5.26 Å². The van der Waals surface area contributed by atoms with Crippen LogP contribution >= 0.6 is 0 Å². The van der Waals surface area contributed by atoms with Gasteiger partial charge in [-0.2, -0.15) is 10.2 Å². The summed E-state index contributed by atoms with van der Waals surface area (Å²) in [6.45, 7) is 2.25. The first-order valence-electron chi connectivity index (χ1n) is 11.5. The molecule has 0 aliphatic carbocycles. The molecule has 3 heterocycles. The first-order chi connectivity index (χ1) is 18.0. The predicted molar refractivity (Wildman–Crippen MR) is 141 cm³/mol. The molecule has 0 bridgehead atoms. The van der Waals surface area contributed by atoms with E-state index >= 15 is 0 Å². The van der Waals surface area contributed by atoms with E-state index in [0.717, 1.165) is 0 Å². The number of nitrogens with one attached hydrogen (secondary N) is 2. The molecule has 5 aromatic rings. The maximum atomic E-state index is 14.1. The zero-order chi connectivity index (χ0) is 25.9. The standard InChI is InChI=1S/C27H22N8O2/c1-16(14-30-24-17(13-28)15-31-27(29)34-24)25-33-21-11-5-9-19(20-10-6-12-22(36)32-20)23(21)26(37)35(25)18-7-3-2-4-8-18/h2-12,15-16H,14H2,1H3,(H,32,36)(H3,29,30,31,34)/t16-/m0/s1. The van der Waals surface area contributed by atoms with Crippen LogP contribution in [-0.2, 0) is 0 Å². The van der Waals surface area contributed by atoms with E-state index in [2.05, 4.69) is 20.3 Å². The van der Waals surface area contributed by atoms with Crippen LogP contribution in [0.15, 0.2) is 82.5 Å². The monoisotopic (exact) mass is 490 g/mol. The third kappa shape index (κ3) is 4.53. The van der Waals surface area contributed by atoms with Crippen LogP contribution in [0.4, 0.5) is 11.8 Å². The molecule has 2 aromatic carbocycles. The number of hydrogen-bond donors (Lipinski definition) is 3. The van der Waals surface area contributed by atoms with Crippen molar-refractivity contribution in [3.05, 3.63) is 105 Å². The van der Waals surface area contributed by atoms with Gasteiger partial charge in [0.2, 0.25) is 11.5 Å². The normalized spacial score (nSPS) is 11.7. The van der Waals surface area contributed by atoms with Crippen molar-refractivity contribution in [3.8, 4) is 23.0 Å². The summed E-state index contributed by atoms with van der Waals surface area (Å²) in [5, 5.41) is 12.9. The minimum atomic E-state index is -0.278. The number of nitrogen functional groups attached to an aromatic ring is 1. The smallest absolute Gasteiger partial charge is 0.266 e. The van der Waals surface area contributed by atoms with E-state index in [1.54, 1.807) is 34.9 Å². The topological polar surface area (TPSA) is 155 Å². The molecule has 5 rings (SSSR count). The Labute approximate surface area is 211 Å². The van der Waals surface area contributed by atoms with Gasteiger partial charge in [0.15, 0.2) is 0 Å². The lowest BCUT2D eigenvalue weighted by Gasteiger charge is -2.20. The van der Waals surface area contributed by atoms with E-state index < -0.39 is 0 Å². The number of aromatic nitrogens is 5. The molecular weight excluding hydrogens is 468 g/mol. The minimum absolute atomic E-state index is 0.0469. The van der Waals surface area contributed by atoms with Gasteiger partial charge in [0.25, 0.3) is 5.56 Å². The number of hydrogen-bond acceptors (Lipinski definition) is 8. The lowest BCUT2D eigenvalue weighted by Crippen LogP contribution is -2.28. The highest BCUT2D eigenvalue weighted by atomic mass is 16.1. The number of nitriles is 1. The predicted octanol–water partition coefficient (Wildman–Crippen LogP) is 3.20. The van der Waals surface area contributed by atoms with Crippen LogP contribution in [0.3, 0.4) is 0 Å². The molecule has 0 spiro atoms. The van der Waals surface area contributed by atoms with E-state index in [-0.39, 0.29) is 28.5 Å². The zero-order valence-corrected chi connectivity index (χ0v) is 19.8. The maximum absolute atomic E-state index is 14.1. The maximum Gasteiger partial charge on any atom is 0.266 e. The largest absolute Gasteiger partial charge is 0.368 e. The average molecular weight is 491 g/mol. The van der Waals surface area contributed by atoms with Gasteiger partial charge in [-0.3, -0.25) is 14.2 Å². The van der Waals surface area contributed by atoms with E-state index in [1.807, 2.05) is 43.3 Å². The van der Waals surface area contributed by atoms with Crippen molar-refractivity contribution >= 4 is 22.7 Å². The van der Waals surface area contributed by atoms with Gasteiger partial charge < -0.3 is 16.0 Å². The molecule has 0 fully saturated rings. The first-order valence-corrected chi connectivity index (χ1v) is 11.5. The number of para-hydroxylation sites is 1. The number of nitrogens with two attached hydrogens (primary N) is 1. The summed E-state index contributed by atoms with van der Waals surface area (Å²) in [5.74, 6) is 0.605. The summed E-state index contributed by atoms with van der Waals surface area (Å²) in [5.41, 5.74) is 7.72. The van der Waals surface area contributed by atoms with Gasteiger partial charge in [0.05, 0.1) is 22.8 Å². The van der Waals surface area contributed by atoms with Gasteiger partial charge in [0.1, 0.15) is 23.3 Å². The third-order valence-electron chi connectivity index (χ3n) is 5.94. The van der Waals surface area contributed by atoms with E-state index in [0.29, 0.717) is 46.0 Å². The molecule has 0 aliphatic heterocycles. The van der Waals surface area contributed by atoms with E-state index in [1.165, 1.54) is 12.3 Å². The van der Waals surface area contributed by atoms with E-state index in [4.69, 9.17) is 10.7 Å². The molecule has 10 nitrogen and oxygen atoms in total. The Kier molecular flexibility index (Phi) is 6.18. The van der Waals surface area contributed by atoms with Gasteiger partial charge in [-0.15, -0.1) is 0 Å². The van der Waals surface area contributed by atoms with Crippen LogP contribution in [0.1, 0.15) is 24.2 Å². The van der Waals surface area contributed by atoms with Crippen molar-refractivity contribution in [2.24, 2.45) is 0 Å².